The lowest BCUT2D eigenvalue weighted by atomic mass is 10.0. The quantitative estimate of drug-likeness (QED) is 0.514. The zero-order valence-electron chi connectivity index (χ0n) is 16.9. The van der Waals surface area contributed by atoms with Gasteiger partial charge >= 0.3 is 0 Å². The van der Waals surface area contributed by atoms with Gasteiger partial charge in [-0.2, -0.15) is 0 Å². The summed E-state index contributed by atoms with van der Waals surface area (Å²) in [6.07, 6.45) is 1.95. The number of hydrogen-bond donors (Lipinski definition) is 2. The highest BCUT2D eigenvalue weighted by molar-refractivity contribution is 5.83. The van der Waals surface area contributed by atoms with Crippen LogP contribution in [-0.4, -0.2) is 32.1 Å². The van der Waals surface area contributed by atoms with Gasteiger partial charge in [0, 0.05) is 42.8 Å². The summed E-state index contributed by atoms with van der Waals surface area (Å²) in [4.78, 5) is 6.59. The summed E-state index contributed by atoms with van der Waals surface area (Å²) in [5.74, 6) is 1.51. The van der Waals surface area contributed by atoms with Crippen LogP contribution in [0.25, 0.3) is 11.0 Å². The van der Waals surface area contributed by atoms with Gasteiger partial charge in [-0.3, -0.25) is 4.99 Å². The molecule has 0 aliphatic carbocycles. The molecule has 1 aromatic heterocycles. The van der Waals surface area contributed by atoms with Gasteiger partial charge in [-0.25, -0.2) is 4.39 Å². The van der Waals surface area contributed by atoms with Gasteiger partial charge in [-0.1, -0.05) is 24.3 Å². The number of halogens is 1. The number of hydrogen-bond acceptors (Lipinski definition) is 3. The number of nitrogens with one attached hydrogen (secondary N) is 2. The molecule has 0 saturated carbocycles. The minimum absolute atomic E-state index is 0.187. The molecule has 1 saturated heterocycles. The largest absolute Gasteiger partial charge is 0.459 e. The number of guanidine groups is 1. The van der Waals surface area contributed by atoms with E-state index in [1.54, 1.807) is 19.2 Å². The van der Waals surface area contributed by atoms with Crippen LogP contribution >= 0.6 is 0 Å². The number of benzene rings is 2. The molecule has 29 heavy (non-hydrogen) atoms. The van der Waals surface area contributed by atoms with Crippen LogP contribution < -0.4 is 15.5 Å². The molecule has 0 unspecified atom stereocenters. The van der Waals surface area contributed by atoms with Crippen molar-refractivity contribution >= 4 is 22.6 Å². The molecular formula is C23H27FN4O. The third-order valence-corrected chi connectivity index (χ3v) is 5.59. The number of piperidine rings is 1. The minimum atomic E-state index is -0.187. The third-order valence-electron chi connectivity index (χ3n) is 5.59. The predicted molar refractivity (Wildman–Crippen MR) is 116 cm³/mol. The number of nitrogens with zero attached hydrogens (tertiary/aromatic N) is 2. The van der Waals surface area contributed by atoms with Crippen molar-refractivity contribution in [1.82, 2.24) is 10.6 Å². The summed E-state index contributed by atoms with van der Waals surface area (Å²) in [7, 11) is 1.78. The first kappa shape index (κ1) is 19.3. The van der Waals surface area contributed by atoms with Gasteiger partial charge in [-0.15, -0.1) is 0 Å². The second-order valence-corrected chi connectivity index (χ2v) is 7.46. The molecule has 5 nitrogen and oxygen atoms in total. The Morgan fingerprint density at radius 1 is 1.17 bits per heavy atom. The van der Waals surface area contributed by atoms with Crippen molar-refractivity contribution in [3.05, 3.63) is 65.7 Å². The molecule has 1 aliphatic rings. The van der Waals surface area contributed by atoms with Gasteiger partial charge in [0.15, 0.2) is 5.96 Å². The maximum Gasteiger partial charge on any atom is 0.191 e. The van der Waals surface area contributed by atoms with Crippen molar-refractivity contribution < 1.29 is 8.81 Å². The van der Waals surface area contributed by atoms with E-state index in [0.29, 0.717) is 12.6 Å². The molecule has 0 amide bonds. The fraction of sp³-hybridized carbons (Fsp3) is 0.348. The first-order valence-corrected chi connectivity index (χ1v) is 10.1. The first-order chi connectivity index (χ1) is 14.1. The normalized spacial score (nSPS) is 15.7. The van der Waals surface area contributed by atoms with Crippen LogP contribution in [0.3, 0.4) is 0 Å². The van der Waals surface area contributed by atoms with Crippen LogP contribution in [0.4, 0.5) is 10.1 Å². The Bertz CT molecular complexity index is 1010. The number of anilines is 1. The number of furan rings is 1. The summed E-state index contributed by atoms with van der Waals surface area (Å²) in [6.45, 7) is 4.45. The molecule has 152 valence electrons. The summed E-state index contributed by atoms with van der Waals surface area (Å²) in [6, 6.07) is 15.2. The number of rotatable bonds is 4. The molecule has 0 spiro atoms. The second-order valence-electron chi connectivity index (χ2n) is 7.46. The van der Waals surface area contributed by atoms with E-state index in [-0.39, 0.29) is 5.82 Å². The van der Waals surface area contributed by atoms with E-state index in [9.17, 15) is 4.39 Å². The van der Waals surface area contributed by atoms with E-state index in [4.69, 9.17) is 4.42 Å². The van der Waals surface area contributed by atoms with E-state index < -0.39 is 0 Å². The second kappa shape index (κ2) is 8.55. The Balaban J connectivity index is 1.31. The molecular weight excluding hydrogens is 367 g/mol. The van der Waals surface area contributed by atoms with E-state index in [0.717, 1.165) is 59.9 Å². The number of fused-ring (bicyclic) bond motifs is 1. The lowest BCUT2D eigenvalue weighted by Gasteiger charge is -2.34. The van der Waals surface area contributed by atoms with Crippen LogP contribution in [0.2, 0.25) is 0 Å². The van der Waals surface area contributed by atoms with E-state index in [2.05, 4.69) is 33.5 Å². The Kier molecular flexibility index (Phi) is 5.69. The van der Waals surface area contributed by atoms with Gasteiger partial charge < -0.3 is 20.0 Å². The molecule has 6 heteroatoms. The highest BCUT2D eigenvalue weighted by Gasteiger charge is 2.20. The van der Waals surface area contributed by atoms with Crippen molar-refractivity contribution in [1.29, 1.82) is 0 Å². The van der Waals surface area contributed by atoms with Crippen molar-refractivity contribution in [2.75, 3.05) is 25.0 Å². The summed E-state index contributed by atoms with van der Waals surface area (Å²) in [5.41, 5.74) is 3.02. The first-order valence-electron chi connectivity index (χ1n) is 10.1. The molecule has 3 aromatic rings. The molecule has 0 bridgehead atoms. The van der Waals surface area contributed by atoms with Gasteiger partial charge in [0.1, 0.15) is 17.2 Å². The highest BCUT2D eigenvalue weighted by Crippen LogP contribution is 2.25. The lowest BCUT2D eigenvalue weighted by molar-refractivity contribution is 0.458. The minimum Gasteiger partial charge on any atom is -0.459 e. The van der Waals surface area contributed by atoms with Gasteiger partial charge in [0.25, 0.3) is 0 Å². The maximum absolute atomic E-state index is 13.5. The summed E-state index contributed by atoms with van der Waals surface area (Å²) >= 11 is 0. The van der Waals surface area contributed by atoms with E-state index in [1.165, 1.54) is 6.07 Å². The van der Waals surface area contributed by atoms with Gasteiger partial charge in [-0.05, 0) is 44.0 Å². The SMILES string of the molecule is CN=C(NCc1oc2ccccc2c1C)NC1CCN(c2cccc(F)c2)CC1. The van der Waals surface area contributed by atoms with Crippen LogP contribution in [0.1, 0.15) is 24.2 Å². The summed E-state index contributed by atoms with van der Waals surface area (Å²) < 4.78 is 19.4. The molecule has 2 N–H and O–H groups in total. The molecule has 0 atom stereocenters. The van der Waals surface area contributed by atoms with Crippen molar-refractivity contribution in [3.63, 3.8) is 0 Å². The van der Waals surface area contributed by atoms with E-state index >= 15 is 0 Å². The molecule has 2 heterocycles. The maximum atomic E-state index is 13.5. The Morgan fingerprint density at radius 2 is 1.97 bits per heavy atom. The van der Waals surface area contributed by atoms with Crippen molar-refractivity contribution in [2.45, 2.75) is 32.4 Å². The van der Waals surface area contributed by atoms with Crippen molar-refractivity contribution in [2.24, 2.45) is 4.99 Å². The van der Waals surface area contributed by atoms with Crippen molar-refractivity contribution in [3.8, 4) is 0 Å². The third kappa shape index (κ3) is 4.36. The smallest absolute Gasteiger partial charge is 0.191 e. The topological polar surface area (TPSA) is 52.8 Å². The monoisotopic (exact) mass is 394 g/mol. The van der Waals surface area contributed by atoms with Gasteiger partial charge in [0.2, 0.25) is 0 Å². The fourth-order valence-electron chi connectivity index (χ4n) is 3.90. The molecule has 0 radical (unpaired) electrons. The van der Waals surface area contributed by atoms with Crippen LogP contribution in [0, 0.1) is 12.7 Å². The van der Waals surface area contributed by atoms with E-state index in [1.807, 2.05) is 24.3 Å². The zero-order valence-corrected chi connectivity index (χ0v) is 16.9. The molecule has 4 rings (SSSR count). The zero-order chi connectivity index (χ0) is 20.2. The Morgan fingerprint density at radius 3 is 2.69 bits per heavy atom. The Hall–Kier alpha value is -3.02. The molecule has 1 fully saturated rings. The number of aliphatic imine (C=N–C) groups is 1. The van der Waals surface area contributed by atoms with Gasteiger partial charge in [0.05, 0.1) is 6.54 Å². The molecule has 1 aliphatic heterocycles. The van der Waals surface area contributed by atoms with Crippen LogP contribution in [0.5, 0.6) is 0 Å². The average molecular weight is 394 g/mol. The van der Waals surface area contributed by atoms with Crippen LogP contribution in [0.15, 0.2) is 57.9 Å². The number of aryl methyl sites for hydroxylation is 1. The average Bonchev–Trinajstić information content (AvgIpc) is 3.07. The predicted octanol–water partition coefficient (Wildman–Crippen LogP) is 4.21. The lowest BCUT2D eigenvalue weighted by Crippen LogP contribution is -2.48. The standard InChI is InChI=1S/C23H27FN4O/c1-16-20-8-3-4-9-21(20)29-22(16)15-26-23(25-2)27-18-10-12-28(13-11-18)19-7-5-6-17(24)14-19/h3-9,14,18H,10-13,15H2,1-2H3,(H2,25,26,27). The molecule has 2 aromatic carbocycles. The van der Waals surface area contributed by atoms with Crippen LogP contribution in [-0.2, 0) is 6.54 Å². The Labute approximate surface area is 170 Å². The highest BCUT2D eigenvalue weighted by atomic mass is 19.1. The fourth-order valence-corrected chi connectivity index (χ4v) is 3.90. The summed E-state index contributed by atoms with van der Waals surface area (Å²) in [5, 5.41) is 8.03. The number of para-hydroxylation sites is 1.